The number of likely N-dealkylation sites (N-methyl/N-ethyl adjacent to an activating group) is 1. The van der Waals surface area contributed by atoms with Crippen LogP contribution < -0.4 is 14.8 Å². The van der Waals surface area contributed by atoms with Gasteiger partial charge in [-0.2, -0.15) is 13.2 Å². The van der Waals surface area contributed by atoms with Crippen LogP contribution in [0.5, 0.6) is 11.5 Å². The van der Waals surface area contributed by atoms with Crippen molar-refractivity contribution in [2.24, 2.45) is 0 Å². The topological polar surface area (TPSA) is 54.0 Å². The van der Waals surface area contributed by atoms with E-state index in [0.717, 1.165) is 44.4 Å². The summed E-state index contributed by atoms with van der Waals surface area (Å²) in [5, 5.41) is 2.25. The number of nitrogens with zero attached hydrogens (tertiary/aromatic N) is 2. The lowest BCUT2D eigenvalue weighted by Gasteiger charge is -2.47. The maximum absolute atomic E-state index is 13.3. The van der Waals surface area contributed by atoms with Gasteiger partial charge >= 0.3 is 12.2 Å². The minimum Gasteiger partial charge on any atom is -0.493 e. The summed E-state index contributed by atoms with van der Waals surface area (Å²) >= 11 is 5.73. The highest BCUT2D eigenvalue weighted by Crippen LogP contribution is 2.50. The van der Waals surface area contributed by atoms with Crippen LogP contribution in [-0.2, 0) is 11.6 Å². The maximum Gasteiger partial charge on any atom is 0.417 e. The van der Waals surface area contributed by atoms with Crippen LogP contribution in [0.3, 0.4) is 0 Å². The molecule has 1 aliphatic carbocycles. The summed E-state index contributed by atoms with van der Waals surface area (Å²) in [6, 6.07) is 9.28. The molecule has 0 spiro atoms. The number of carbonyl (C=O) groups is 1. The van der Waals surface area contributed by atoms with E-state index in [1.54, 1.807) is 19.1 Å². The third-order valence-corrected chi connectivity index (χ3v) is 8.35. The van der Waals surface area contributed by atoms with Gasteiger partial charge in [-0.15, -0.1) is 0 Å². The van der Waals surface area contributed by atoms with Gasteiger partial charge in [0.1, 0.15) is 0 Å². The van der Waals surface area contributed by atoms with Gasteiger partial charge in [-0.05, 0) is 82.1 Å². The Morgan fingerprint density at radius 2 is 1.89 bits per heavy atom. The number of benzene rings is 2. The summed E-state index contributed by atoms with van der Waals surface area (Å²) in [4.78, 5) is 17.3. The molecule has 2 amide bonds. The first-order valence-electron chi connectivity index (χ1n) is 12.4. The standard InChI is InChI=1S/C27H33ClF3N3O3/c1-5-34(25(35)32-18-7-8-21(28)20(15-18)27(29,30)31)19-10-11-26(12-13-33(2)24(26)16-19)17-6-9-22(36-3)23(14-17)37-4/h6-9,14-15,19,24H,5,10-13,16H2,1-4H3,(H,32,35). The van der Waals surface area contributed by atoms with Gasteiger partial charge < -0.3 is 24.6 Å². The molecule has 4 rings (SSSR count). The average molecular weight is 540 g/mol. The van der Waals surface area contributed by atoms with Crippen molar-refractivity contribution in [2.45, 2.75) is 56.3 Å². The largest absolute Gasteiger partial charge is 0.493 e. The zero-order valence-corrected chi connectivity index (χ0v) is 22.2. The number of hydrogen-bond acceptors (Lipinski definition) is 4. The Balaban J connectivity index is 1.54. The molecule has 0 aromatic heterocycles. The van der Waals surface area contributed by atoms with E-state index in [0.29, 0.717) is 18.0 Å². The van der Waals surface area contributed by atoms with E-state index in [-0.39, 0.29) is 23.2 Å². The molecule has 1 aliphatic heterocycles. The molecule has 2 aromatic carbocycles. The van der Waals surface area contributed by atoms with Crippen LogP contribution in [-0.4, -0.2) is 62.3 Å². The van der Waals surface area contributed by atoms with Crippen molar-refractivity contribution in [1.29, 1.82) is 0 Å². The van der Waals surface area contributed by atoms with Crippen LogP contribution in [0.15, 0.2) is 36.4 Å². The lowest BCUT2D eigenvalue weighted by Crippen LogP contribution is -2.53. The number of ether oxygens (including phenoxy) is 2. The first kappa shape index (κ1) is 27.4. The molecule has 1 saturated heterocycles. The number of hydrogen-bond donors (Lipinski definition) is 1. The number of carbonyl (C=O) groups excluding carboxylic acids is 1. The summed E-state index contributed by atoms with van der Waals surface area (Å²) < 4.78 is 50.8. The molecular formula is C27H33ClF3N3O3. The fourth-order valence-corrected chi connectivity index (χ4v) is 6.33. The number of nitrogens with one attached hydrogen (secondary N) is 1. The highest BCUT2D eigenvalue weighted by molar-refractivity contribution is 6.31. The van der Waals surface area contributed by atoms with Crippen molar-refractivity contribution in [2.75, 3.05) is 39.7 Å². The highest BCUT2D eigenvalue weighted by Gasteiger charge is 2.51. The SMILES string of the molecule is CCN(C(=O)Nc1ccc(Cl)c(C(F)(F)F)c1)C1CCC2(c3ccc(OC)c(OC)c3)CCN(C)C2C1. The van der Waals surface area contributed by atoms with Crippen molar-refractivity contribution < 1.29 is 27.4 Å². The Bertz CT molecular complexity index is 1150. The molecule has 2 aromatic rings. The minimum absolute atomic E-state index is 0.0433. The second-order valence-corrected chi connectivity index (χ2v) is 10.2. The Morgan fingerprint density at radius 3 is 2.54 bits per heavy atom. The number of fused-ring (bicyclic) bond motifs is 1. The van der Waals surface area contributed by atoms with Gasteiger partial charge in [0.15, 0.2) is 11.5 Å². The summed E-state index contributed by atoms with van der Waals surface area (Å²) in [6.45, 7) is 3.27. The van der Waals surface area contributed by atoms with E-state index >= 15 is 0 Å². The summed E-state index contributed by atoms with van der Waals surface area (Å²) in [5.41, 5.74) is 0.221. The molecule has 6 nitrogen and oxygen atoms in total. The minimum atomic E-state index is -4.60. The molecule has 2 aliphatic rings. The molecule has 202 valence electrons. The van der Waals surface area contributed by atoms with Gasteiger partial charge in [-0.3, -0.25) is 0 Å². The van der Waals surface area contributed by atoms with E-state index < -0.39 is 22.8 Å². The average Bonchev–Trinajstić information content (AvgIpc) is 3.21. The zero-order valence-electron chi connectivity index (χ0n) is 21.5. The lowest BCUT2D eigenvalue weighted by atomic mass is 9.64. The number of anilines is 1. The van der Waals surface area contributed by atoms with Crippen molar-refractivity contribution in [3.63, 3.8) is 0 Å². The monoisotopic (exact) mass is 539 g/mol. The Kier molecular flexibility index (Phi) is 7.85. The highest BCUT2D eigenvalue weighted by atomic mass is 35.5. The summed E-state index contributed by atoms with van der Waals surface area (Å²) in [7, 11) is 5.36. The summed E-state index contributed by atoms with van der Waals surface area (Å²) in [5.74, 6) is 1.38. The number of methoxy groups -OCH3 is 2. The number of urea groups is 1. The quantitative estimate of drug-likeness (QED) is 0.460. The zero-order chi connectivity index (χ0) is 27.0. The molecule has 10 heteroatoms. The van der Waals surface area contributed by atoms with Crippen LogP contribution in [0.2, 0.25) is 5.02 Å². The lowest BCUT2D eigenvalue weighted by molar-refractivity contribution is -0.137. The van der Waals surface area contributed by atoms with Crippen LogP contribution in [0.4, 0.5) is 23.7 Å². The summed E-state index contributed by atoms with van der Waals surface area (Å²) in [6.07, 6.45) is -1.17. The molecule has 0 radical (unpaired) electrons. The van der Waals surface area contributed by atoms with Gasteiger partial charge in [0.05, 0.1) is 24.8 Å². The van der Waals surface area contributed by atoms with E-state index in [9.17, 15) is 18.0 Å². The van der Waals surface area contributed by atoms with E-state index in [1.165, 1.54) is 11.6 Å². The number of likely N-dealkylation sites (tertiary alicyclic amines) is 1. The third-order valence-electron chi connectivity index (χ3n) is 8.02. The van der Waals surface area contributed by atoms with E-state index in [2.05, 4.69) is 29.4 Å². The van der Waals surface area contributed by atoms with Crippen LogP contribution in [0.25, 0.3) is 0 Å². The molecule has 37 heavy (non-hydrogen) atoms. The molecule has 3 unspecified atom stereocenters. The first-order valence-corrected chi connectivity index (χ1v) is 12.8. The molecule has 1 N–H and O–H groups in total. The Labute approximate surface area is 220 Å². The molecule has 1 saturated carbocycles. The molecule has 3 atom stereocenters. The van der Waals surface area contributed by atoms with Gasteiger partial charge in [0.25, 0.3) is 0 Å². The molecule has 2 fully saturated rings. The fourth-order valence-electron chi connectivity index (χ4n) is 6.11. The van der Waals surface area contributed by atoms with E-state index in [1.807, 2.05) is 13.0 Å². The second-order valence-electron chi connectivity index (χ2n) is 9.81. The predicted molar refractivity (Wildman–Crippen MR) is 138 cm³/mol. The van der Waals surface area contributed by atoms with Crippen molar-refractivity contribution >= 4 is 23.3 Å². The predicted octanol–water partition coefficient (Wildman–Crippen LogP) is 6.42. The first-order chi connectivity index (χ1) is 17.5. The normalized spacial score (nSPS) is 23.9. The van der Waals surface area contributed by atoms with Crippen molar-refractivity contribution in [3.05, 3.63) is 52.5 Å². The molecule has 0 bridgehead atoms. The number of amides is 2. The number of halogens is 4. The van der Waals surface area contributed by atoms with Gasteiger partial charge in [-0.1, -0.05) is 17.7 Å². The van der Waals surface area contributed by atoms with Crippen LogP contribution in [0, 0.1) is 0 Å². The van der Waals surface area contributed by atoms with Crippen LogP contribution in [0.1, 0.15) is 43.7 Å². The number of rotatable bonds is 6. The fraction of sp³-hybridized carbons (Fsp3) is 0.519. The maximum atomic E-state index is 13.3. The smallest absolute Gasteiger partial charge is 0.417 e. The van der Waals surface area contributed by atoms with Gasteiger partial charge in [0.2, 0.25) is 0 Å². The van der Waals surface area contributed by atoms with Gasteiger partial charge in [-0.25, -0.2) is 4.79 Å². The second kappa shape index (κ2) is 10.6. The third kappa shape index (κ3) is 5.21. The van der Waals surface area contributed by atoms with E-state index in [4.69, 9.17) is 21.1 Å². The Morgan fingerprint density at radius 1 is 1.16 bits per heavy atom. The number of alkyl halides is 3. The van der Waals surface area contributed by atoms with Crippen molar-refractivity contribution in [3.8, 4) is 11.5 Å². The van der Waals surface area contributed by atoms with Gasteiger partial charge in [0, 0.05) is 29.7 Å². The van der Waals surface area contributed by atoms with Crippen LogP contribution >= 0.6 is 11.6 Å². The molecule has 1 heterocycles. The van der Waals surface area contributed by atoms with Crippen molar-refractivity contribution in [1.82, 2.24) is 9.80 Å². The Hall–Kier alpha value is -2.65. The molecular weight excluding hydrogens is 507 g/mol.